The molecule has 2 fully saturated rings. The van der Waals surface area contributed by atoms with Crippen molar-refractivity contribution in [3.8, 4) is 11.5 Å². The SMILES string of the molecule is O=C(CCNS(=O)(=O)c1ccc2c(c1)OCCCO2)N1CCN(C(=O)C2CCCC2)CC1. The number of sulfonamides is 1. The number of piperazine rings is 1. The zero-order valence-electron chi connectivity index (χ0n) is 18.3. The van der Waals surface area contributed by atoms with Gasteiger partial charge in [0, 0.05) is 57.5 Å². The van der Waals surface area contributed by atoms with Gasteiger partial charge in [0.25, 0.3) is 0 Å². The summed E-state index contributed by atoms with van der Waals surface area (Å²) in [5, 5.41) is 0. The second kappa shape index (κ2) is 10.1. The lowest BCUT2D eigenvalue weighted by Gasteiger charge is -2.36. The molecule has 4 rings (SSSR count). The van der Waals surface area contributed by atoms with Gasteiger partial charge in [-0.05, 0) is 25.0 Å². The molecule has 1 saturated carbocycles. The van der Waals surface area contributed by atoms with Crippen molar-refractivity contribution in [2.24, 2.45) is 5.92 Å². The predicted molar refractivity (Wildman–Crippen MR) is 117 cm³/mol. The summed E-state index contributed by atoms with van der Waals surface area (Å²) >= 11 is 0. The molecule has 1 aromatic carbocycles. The van der Waals surface area contributed by atoms with Gasteiger partial charge in [0.1, 0.15) is 0 Å². The molecule has 10 heteroatoms. The second-order valence-corrected chi connectivity index (χ2v) is 10.3. The Balaban J connectivity index is 1.24. The molecule has 1 aliphatic carbocycles. The minimum atomic E-state index is -3.77. The monoisotopic (exact) mass is 465 g/mol. The molecule has 2 aliphatic heterocycles. The number of ether oxygens (including phenoxy) is 2. The molecule has 176 valence electrons. The van der Waals surface area contributed by atoms with Crippen molar-refractivity contribution in [1.29, 1.82) is 0 Å². The highest BCUT2D eigenvalue weighted by atomic mass is 32.2. The van der Waals surface area contributed by atoms with E-state index < -0.39 is 10.0 Å². The maximum Gasteiger partial charge on any atom is 0.240 e. The first-order valence-electron chi connectivity index (χ1n) is 11.4. The van der Waals surface area contributed by atoms with Crippen molar-refractivity contribution in [3.05, 3.63) is 18.2 Å². The molecule has 2 amide bonds. The molecule has 1 N–H and O–H groups in total. The van der Waals surface area contributed by atoms with Crippen molar-refractivity contribution < 1.29 is 27.5 Å². The summed E-state index contributed by atoms with van der Waals surface area (Å²) in [4.78, 5) is 28.7. The van der Waals surface area contributed by atoms with Crippen LogP contribution in [-0.4, -0.2) is 76.0 Å². The fourth-order valence-corrected chi connectivity index (χ4v) is 5.50. The molecular weight excluding hydrogens is 434 g/mol. The normalized spacial score (nSPS) is 19.6. The topological polar surface area (TPSA) is 105 Å². The summed E-state index contributed by atoms with van der Waals surface area (Å²) in [6.07, 6.45) is 5.00. The minimum absolute atomic E-state index is 0.0107. The van der Waals surface area contributed by atoms with Gasteiger partial charge in [-0.3, -0.25) is 9.59 Å². The van der Waals surface area contributed by atoms with Crippen LogP contribution in [0.2, 0.25) is 0 Å². The van der Waals surface area contributed by atoms with E-state index in [1.807, 2.05) is 4.90 Å². The van der Waals surface area contributed by atoms with Crippen molar-refractivity contribution in [3.63, 3.8) is 0 Å². The van der Waals surface area contributed by atoms with Crippen molar-refractivity contribution in [2.75, 3.05) is 45.9 Å². The standard InChI is InChI=1S/C22H31N3O6S/c26-21(24-10-12-25(13-11-24)22(27)17-4-1-2-5-17)8-9-23-32(28,29)18-6-7-19-20(16-18)31-15-3-14-30-19/h6-7,16-17,23H,1-5,8-15H2. The second-order valence-electron chi connectivity index (χ2n) is 8.49. The highest BCUT2D eigenvalue weighted by Crippen LogP contribution is 2.32. The number of hydrogen-bond donors (Lipinski definition) is 1. The maximum absolute atomic E-state index is 12.6. The lowest BCUT2D eigenvalue weighted by molar-refractivity contribution is -0.142. The van der Waals surface area contributed by atoms with Crippen LogP contribution in [0, 0.1) is 5.92 Å². The molecule has 0 aromatic heterocycles. The van der Waals surface area contributed by atoms with Gasteiger partial charge < -0.3 is 19.3 Å². The number of fused-ring (bicyclic) bond motifs is 1. The van der Waals surface area contributed by atoms with Crippen LogP contribution in [-0.2, 0) is 19.6 Å². The Morgan fingerprint density at radius 3 is 2.31 bits per heavy atom. The van der Waals surface area contributed by atoms with E-state index in [0.717, 1.165) is 32.1 Å². The van der Waals surface area contributed by atoms with Gasteiger partial charge in [0.05, 0.1) is 18.1 Å². The maximum atomic E-state index is 12.6. The molecule has 1 aromatic rings. The average molecular weight is 466 g/mol. The van der Waals surface area contributed by atoms with Crippen LogP contribution in [0.1, 0.15) is 38.5 Å². The van der Waals surface area contributed by atoms with Crippen LogP contribution in [0.4, 0.5) is 0 Å². The van der Waals surface area contributed by atoms with Gasteiger partial charge in [-0.1, -0.05) is 12.8 Å². The zero-order chi connectivity index (χ0) is 22.6. The predicted octanol–water partition coefficient (Wildman–Crippen LogP) is 1.38. The van der Waals surface area contributed by atoms with Crippen LogP contribution in [0.15, 0.2) is 23.1 Å². The van der Waals surface area contributed by atoms with Crippen molar-refractivity contribution in [1.82, 2.24) is 14.5 Å². The molecule has 0 spiro atoms. The van der Waals surface area contributed by atoms with Crippen LogP contribution < -0.4 is 14.2 Å². The summed E-state index contributed by atoms with van der Waals surface area (Å²) in [5.41, 5.74) is 0. The molecule has 9 nitrogen and oxygen atoms in total. The van der Waals surface area contributed by atoms with Crippen LogP contribution in [0.25, 0.3) is 0 Å². The molecule has 0 bridgehead atoms. The Bertz CT molecular complexity index is 937. The van der Waals surface area contributed by atoms with Crippen LogP contribution >= 0.6 is 0 Å². The van der Waals surface area contributed by atoms with E-state index in [4.69, 9.17) is 9.47 Å². The summed E-state index contributed by atoms with van der Waals surface area (Å²) in [6.45, 7) is 3.09. The first-order valence-corrected chi connectivity index (χ1v) is 12.9. The smallest absolute Gasteiger partial charge is 0.240 e. The van der Waals surface area contributed by atoms with Gasteiger partial charge in [0.15, 0.2) is 11.5 Å². The Morgan fingerprint density at radius 1 is 0.938 bits per heavy atom. The third kappa shape index (κ3) is 5.35. The van der Waals surface area contributed by atoms with E-state index in [1.165, 1.54) is 12.1 Å². The number of rotatable bonds is 6. The number of nitrogens with zero attached hydrogens (tertiary/aromatic N) is 2. The fourth-order valence-electron chi connectivity index (χ4n) is 4.45. The number of carbonyl (C=O) groups is 2. The van der Waals surface area contributed by atoms with E-state index in [0.29, 0.717) is 50.9 Å². The quantitative estimate of drug-likeness (QED) is 0.681. The molecule has 3 aliphatic rings. The third-order valence-electron chi connectivity index (χ3n) is 6.31. The summed E-state index contributed by atoms with van der Waals surface area (Å²) in [7, 11) is -3.77. The van der Waals surface area contributed by atoms with Crippen LogP contribution in [0.5, 0.6) is 11.5 Å². The minimum Gasteiger partial charge on any atom is -0.490 e. The number of nitrogens with one attached hydrogen (secondary N) is 1. The number of amides is 2. The van der Waals surface area contributed by atoms with Crippen molar-refractivity contribution >= 4 is 21.8 Å². The van der Waals surface area contributed by atoms with E-state index >= 15 is 0 Å². The molecule has 0 radical (unpaired) electrons. The van der Waals surface area contributed by atoms with E-state index in [-0.39, 0.29) is 35.6 Å². The Labute approximate surface area is 189 Å². The molecular formula is C22H31N3O6S. The molecule has 2 heterocycles. The van der Waals surface area contributed by atoms with Gasteiger partial charge in [-0.25, -0.2) is 13.1 Å². The highest BCUT2D eigenvalue weighted by molar-refractivity contribution is 7.89. The molecule has 32 heavy (non-hydrogen) atoms. The number of hydrogen-bond acceptors (Lipinski definition) is 6. The molecule has 0 atom stereocenters. The number of carbonyl (C=O) groups excluding carboxylic acids is 2. The van der Waals surface area contributed by atoms with Gasteiger partial charge >= 0.3 is 0 Å². The highest BCUT2D eigenvalue weighted by Gasteiger charge is 2.30. The van der Waals surface area contributed by atoms with Crippen molar-refractivity contribution in [2.45, 2.75) is 43.4 Å². The summed E-state index contributed by atoms with van der Waals surface area (Å²) in [5.74, 6) is 1.20. The van der Waals surface area contributed by atoms with E-state index in [2.05, 4.69) is 4.72 Å². The molecule has 0 unspecified atom stereocenters. The lowest BCUT2D eigenvalue weighted by Crippen LogP contribution is -2.52. The van der Waals surface area contributed by atoms with E-state index in [9.17, 15) is 18.0 Å². The zero-order valence-corrected chi connectivity index (χ0v) is 19.1. The van der Waals surface area contributed by atoms with Gasteiger partial charge in [-0.15, -0.1) is 0 Å². The Kier molecular flexibility index (Phi) is 7.20. The first kappa shape index (κ1) is 22.8. The largest absolute Gasteiger partial charge is 0.490 e. The average Bonchev–Trinajstić information content (AvgIpc) is 3.23. The lowest BCUT2D eigenvalue weighted by atomic mass is 10.1. The first-order chi connectivity index (χ1) is 15.4. The fraction of sp³-hybridized carbons (Fsp3) is 0.636. The van der Waals surface area contributed by atoms with Gasteiger partial charge in [-0.2, -0.15) is 0 Å². The third-order valence-corrected chi connectivity index (χ3v) is 7.77. The Morgan fingerprint density at radius 2 is 1.59 bits per heavy atom. The summed E-state index contributed by atoms with van der Waals surface area (Å²) in [6, 6.07) is 4.51. The number of benzene rings is 1. The Hall–Kier alpha value is -2.33. The summed E-state index contributed by atoms with van der Waals surface area (Å²) < 4.78 is 38.8. The van der Waals surface area contributed by atoms with E-state index in [1.54, 1.807) is 11.0 Å². The van der Waals surface area contributed by atoms with Gasteiger partial charge in [0.2, 0.25) is 21.8 Å². The molecule has 1 saturated heterocycles. The van der Waals surface area contributed by atoms with Crippen LogP contribution in [0.3, 0.4) is 0 Å².